The molecule has 0 aromatic rings. The average molecular weight is 120 g/mol. The lowest BCUT2D eigenvalue weighted by Crippen LogP contribution is -1.93. The Morgan fingerprint density at radius 1 is 1.83 bits per heavy atom. The van der Waals surface area contributed by atoms with E-state index >= 15 is 0 Å². The molecule has 4 heteroatoms. The number of halogens is 1. The van der Waals surface area contributed by atoms with Gasteiger partial charge in [-0.3, -0.25) is 4.39 Å². The predicted octanol–water partition coefficient (Wildman–Crippen LogP) is -0.710. The summed E-state index contributed by atoms with van der Waals surface area (Å²) in [5, 5.41) is 0.698. The number of alkyl halides is 1. The van der Waals surface area contributed by atoms with Gasteiger partial charge in [-0.05, 0) is 5.28 Å². The molecule has 0 fully saturated rings. The summed E-state index contributed by atoms with van der Waals surface area (Å²) >= 11 is 0.407. The van der Waals surface area contributed by atoms with Gasteiger partial charge in [0.05, 0.1) is 6.67 Å². The first-order valence-corrected chi connectivity index (χ1v) is 4.36. The van der Waals surface area contributed by atoms with Gasteiger partial charge >= 0.3 is 32.2 Å². The fourth-order valence-electron chi connectivity index (χ4n) is 0.199. The van der Waals surface area contributed by atoms with Crippen molar-refractivity contribution in [3.8, 4) is 0 Å². The SMILES string of the molecule is FC[CH2][AlH][O][AlH2]. The minimum Gasteiger partial charge on any atom is -0.644 e. The van der Waals surface area contributed by atoms with Crippen LogP contribution in [-0.4, -0.2) is 38.9 Å². The van der Waals surface area contributed by atoms with E-state index in [1.54, 1.807) is 0 Å². The summed E-state index contributed by atoms with van der Waals surface area (Å²) in [7, 11) is 0. The van der Waals surface area contributed by atoms with Crippen LogP contribution in [-0.2, 0) is 2.84 Å². The van der Waals surface area contributed by atoms with E-state index in [0.29, 0.717) is 5.28 Å². The summed E-state index contributed by atoms with van der Waals surface area (Å²) in [4.78, 5) is 0. The molecule has 0 unspecified atom stereocenters. The monoisotopic (exact) mass is 120 g/mol. The summed E-state index contributed by atoms with van der Waals surface area (Å²) in [6.45, 7) is -0.186. The zero-order valence-electron chi connectivity index (χ0n) is 3.91. The van der Waals surface area contributed by atoms with Gasteiger partial charge < -0.3 is 2.84 Å². The van der Waals surface area contributed by atoms with Crippen LogP contribution >= 0.6 is 0 Å². The first kappa shape index (κ1) is 6.95. The topological polar surface area (TPSA) is 9.23 Å². The molecule has 0 aliphatic carbocycles. The predicted molar refractivity (Wildman–Crippen MR) is 27.6 cm³/mol. The maximum Gasteiger partial charge on any atom is 0.407 e. The fourth-order valence-corrected chi connectivity index (χ4v) is 1.46. The van der Waals surface area contributed by atoms with Crippen LogP contribution in [0.15, 0.2) is 0 Å². The Morgan fingerprint density at radius 2 is 2.50 bits per heavy atom. The summed E-state index contributed by atoms with van der Waals surface area (Å²) in [5.41, 5.74) is 0. The second-order valence-corrected chi connectivity index (χ2v) is 4.46. The molecule has 0 spiro atoms. The molecule has 0 aliphatic heterocycles. The molecule has 0 N–H and O–H groups in total. The first-order valence-electron chi connectivity index (χ1n) is 1.96. The van der Waals surface area contributed by atoms with Crippen LogP contribution in [0, 0.1) is 0 Å². The molecule has 0 bridgehead atoms. The van der Waals surface area contributed by atoms with Crippen molar-refractivity contribution < 1.29 is 7.23 Å². The van der Waals surface area contributed by atoms with Gasteiger partial charge in [-0.2, -0.15) is 0 Å². The number of rotatable bonds is 3. The highest BCUT2D eigenvalue weighted by Gasteiger charge is 1.85. The van der Waals surface area contributed by atoms with E-state index in [-0.39, 0.29) is 6.67 Å². The van der Waals surface area contributed by atoms with Crippen LogP contribution in [0.5, 0.6) is 0 Å². The Morgan fingerprint density at radius 3 is 2.67 bits per heavy atom. The normalized spacial score (nSPS) is 8.17. The summed E-state index contributed by atoms with van der Waals surface area (Å²) in [5.74, 6) is 0. The van der Waals surface area contributed by atoms with Crippen molar-refractivity contribution in [2.45, 2.75) is 5.28 Å². The standard InChI is InChI=1S/C2H4F.2Al.O.3H/c1-2-3;;;;;;/h1-2H2;;;;;;. The highest BCUT2D eigenvalue weighted by atomic mass is 27.2. The zero-order chi connectivity index (χ0) is 4.83. The second-order valence-electron chi connectivity index (χ2n) is 1.04. The molecule has 1 nitrogen and oxygen atoms in total. The van der Waals surface area contributed by atoms with Crippen molar-refractivity contribution in [3.05, 3.63) is 0 Å². The lowest BCUT2D eigenvalue weighted by molar-refractivity contribution is 0.514. The van der Waals surface area contributed by atoms with Crippen molar-refractivity contribution >= 4 is 32.2 Å². The minimum atomic E-state index is -0.392. The Balaban J connectivity index is 2.34. The van der Waals surface area contributed by atoms with Crippen molar-refractivity contribution in [2.75, 3.05) is 6.67 Å². The molecule has 0 atom stereocenters. The third-order valence-electron chi connectivity index (χ3n) is 0.482. The molecule has 34 valence electrons. The van der Waals surface area contributed by atoms with Gasteiger partial charge in [-0.15, -0.1) is 0 Å². The lowest BCUT2D eigenvalue weighted by atomic mass is 10.9. The summed E-state index contributed by atoms with van der Waals surface area (Å²) in [6.07, 6.45) is 0. The molecule has 0 radical (unpaired) electrons. The minimum absolute atomic E-state index is 0.186. The van der Waals surface area contributed by atoms with Crippen LogP contribution in [0.3, 0.4) is 0 Å². The van der Waals surface area contributed by atoms with Crippen LogP contribution < -0.4 is 0 Å². The number of hydrogen-bond acceptors (Lipinski definition) is 1. The number of hydrogen-bond donors (Lipinski definition) is 0. The van der Waals surface area contributed by atoms with Crippen LogP contribution in [0.4, 0.5) is 4.39 Å². The quantitative estimate of drug-likeness (QED) is 0.353. The maximum absolute atomic E-state index is 11.2. The van der Waals surface area contributed by atoms with Gasteiger partial charge in [0.1, 0.15) is 0 Å². The molecule has 0 rings (SSSR count). The van der Waals surface area contributed by atoms with Crippen LogP contribution in [0.25, 0.3) is 0 Å². The molecular formula is C2H7Al2FO. The van der Waals surface area contributed by atoms with E-state index in [1.165, 1.54) is 0 Å². The first-order chi connectivity index (χ1) is 2.91. The van der Waals surface area contributed by atoms with Crippen LogP contribution in [0.1, 0.15) is 0 Å². The van der Waals surface area contributed by atoms with Gasteiger partial charge in [-0.25, -0.2) is 0 Å². The Hall–Kier alpha value is 0.955. The van der Waals surface area contributed by atoms with Gasteiger partial charge in [0.25, 0.3) is 0 Å². The second kappa shape index (κ2) is 5.95. The van der Waals surface area contributed by atoms with Crippen LogP contribution in [0.2, 0.25) is 5.28 Å². The molecule has 0 aromatic heterocycles. The van der Waals surface area contributed by atoms with Gasteiger partial charge in [-0.1, -0.05) is 0 Å². The fraction of sp³-hybridized carbons (Fsp3) is 1.00. The highest BCUT2D eigenvalue weighted by molar-refractivity contribution is 6.34. The molecular weight excluding hydrogens is 113 g/mol. The van der Waals surface area contributed by atoms with E-state index in [2.05, 4.69) is 0 Å². The molecule has 0 aromatic carbocycles. The Kier molecular flexibility index (Phi) is 6.90. The van der Waals surface area contributed by atoms with E-state index in [1.807, 2.05) is 0 Å². The zero-order valence-corrected chi connectivity index (χ0v) is 7.32. The Bertz CT molecular complexity index is 23.5. The largest absolute Gasteiger partial charge is 0.644 e. The van der Waals surface area contributed by atoms with Gasteiger partial charge in [0.15, 0.2) is 0 Å². The Labute approximate surface area is 51.7 Å². The van der Waals surface area contributed by atoms with Crippen molar-refractivity contribution in [1.82, 2.24) is 0 Å². The van der Waals surface area contributed by atoms with E-state index in [9.17, 15) is 4.39 Å². The molecule has 0 amide bonds. The third kappa shape index (κ3) is 4.95. The van der Waals surface area contributed by atoms with Crippen molar-refractivity contribution in [3.63, 3.8) is 0 Å². The lowest BCUT2D eigenvalue weighted by Gasteiger charge is -1.85. The van der Waals surface area contributed by atoms with Crippen molar-refractivity contribution in [2.24, 2.45) is 0 Å². The smallest absolute Gasteiger partial charge is 0.407 e. The van der Waals surface area contributed by atoms with Gasteiger partial charge in [0.2, 0.25) is 0 Å². The molecule has 0 saturated carbocycles. The van der Waals surface area contributed by atoms with E-state index < -0.39 is 15.6 Å². The molecule has 0 saturated heterocycles. The average Bonchev–Trinajstić information content (AvgIpc) is 1.61. The van der Waals surface area contributed by atoms with Crippen molar-refractivity contribution in [1.29, 1.82) is 0 Å². The molecule has 0 heterocycles. The van der Waals surface area contributed by atoms with Gasteiger partial charge in [0, 0.05) is 0 Å². The molecule has 6 heavy (non-hydrogen) atoms. The third-order valence-corrected chi connectivity index (χ3v) is 2.67. The summed E-state index contributed by atoms with van der Waals surface area (Å²) in [6, 6.07) is 0. The molecule has 0 aliphatic rings. The van der Waals surface area contributed by atoms with E-state index in [4.69, 9.17) is 2.84 Å². The summed E-state index contributed by atoms with van der Waals surface area (Å²) < 4.78 is 16.0. The highest BCUT2D eigenvalue weighted by Crippen LogP contribution is 1.76. The maximum atomic E-state index is 11.2. The van der Waals surface area contributed by atoms with E-state index in [0.717, 1.165) is 16.6 Å².